The van der Waals surface area contributed by atoms with Crippen LogP contribution in [0.15, 0.2) is 18.2 Å². The van der Waals surface area contributed by atoms with Crippen LogP contribution in [0.1, 0.15) is 49.0 Å². The van der Waals surface area contributed by atoms with Crippen molar-refractivity contribution >= 4 is 11.6 Å². The summed E-state index contributed by atoms with van der Waals surface area (Å²) >= 11 is 0. The first-order valence-electron chi connectivity index (χ1n) is 7.14. The SMILES string of the molecule is Cc1cc(C(N)=O)ccc1NC1CC(C)CCC1C. The first-order chi connectivity index (χ1) is 8.97. The van der Waals surface area contributed by atoms with Gasteiger partial charge in [0.1, 0.15) is 0 Å². The molecule has 1 amide bonds. The summed E-state index contributed by atoms with van der Waals surface area (Å²) in [6.07, 6.45) is 3.84. The molecular formula is C16H24N2O. The maximum Gasteiger partial charge on any atom is 0.248 e. The van der Waals surface area contributed by atoms with E-state index < -0.39 is 0 Å². The van der Waals surface area contributed by atoms with Crippen molar-refractivity contribution in [1.29, 1.82) is 0 Å². The fourth-order valence-corrected chi connectivity index (χ4v) is 2.91. The summed E-state index contributed by atoms with van der Waals surface area (Å²) < 4.78 is 0. The van der Waals surface area contributed by atoms with Gasteiger partial charge in [-0.15, -0.1) is 0 Å². The van der Waals surface area contributed by atoms with E-state index in [9.17, 15) is 4.79 Å². The molecule has 0 aliphatic heterocycles. The smallest absolute Gasteiger partial charge is 0.248 e. The number of anilines is 1. The van der Waals surface area contributed by atoms with Crippen LogP contribution in [-0.4, -0.2) is 11.9 Å². The first kappa shape index (κ1) is 13.9. The molecule has 1 aromatic rings. The van der Waals surface area contributed by atoms with Gasteiger partial charge in [-0.25, -0.2) is 0 Å². The standard InChI is InChI=1S/C16H24N2O/c1-10-4-5-11(2)15(8-10)18-14-7-6-13(16(17)19)9-12(14)3/h6-7,9-11,15,18H,4-5,8H2,1-3H3,(H2,17,19). The lowest BCUT2D eigenvalue weighted by Gasteiger charge is -2.34. The third-order valence-electron chi connectivity index (χ3n) is 4.31. The number of hydrogen-bond acceptors (Lipinski definition) is 2. The molecule has 3 nitrogen and oxygen atoms in total. The number of nitrogens with two attached hydrogens (primary N) is 1. The zero-order valence-electron chi connectivity index (χ0n) is 12.1. The van der Waals surface area contributed by atoms with Crippen LogP contribution in [0, 0.1) is 18.8 Å². The molecule has 19 heavy (non-hydrogen) atoms. The number of aryl methyl sites for hydroxylation is 1. The maximum absolute atomic E-state index is 11.2. The fourth-order valence-electron chi connectivity index (χ4n) is 2.91. The van der Waals surface area contributed by atoms with Crippen molar-refractivity contribution in [1.82, 2.24) is 0 Å². The van der Waals surface area contributed by atoms with Gasteiger partial charge in [-0.05, 0) is 55.4 Å². The number of hydrogen-bond donors (Lipinski definition) is 2. The number of primary amides is 1. The van der Waals surface area contributed by atoms with Crippen LogP contribution in [0.2, 0.25) is 0 Å². The molecule has 3 atom stereocenters. The highest BCUT2D eigenvalue weighted by Crippen LogP contribution is 2.31. The predicted molar refractivity (Wildman–Crippen MR) is 79.3 cm³/mol. The van der Waals surface area contributed by atoms with Crippen LogP contribution in [0.4, 0.5) is 5.69 Å². The van der Waals surface area contributed by atoms with Crippen LogP contribution in [0.3, 0.4) is 0 Å². The molecular weight excluding hydrogens is 236 g/mol. The van der Waals surface area contributed by atoms with E-state index in [-0.39, 0.29) is 5.91 Å². The van der Waals surface area contributed by atoms with Crippen molar-refractivity contribution in [2.75, 3.05) is 5.32 Å². The van der Waals surface area contributed by atoms with Crippen LogP contribution < -0.4 is 11.1 Å². The summed E-state index contributed by atoms with van der Waals surface area (Å²) in [5, 5.41) is 3.64. The summed E-state index contributed by atoms with van der Waals surface area (Å²) in [4.78, 5) is 11.2. The van der Waals surface area contributed by atoms with Crippen molar-refractivity contribution in [2.24, 2.45) is 17.6 Å². The molecule has 104 valence electrons. The average Bonchev–Trinajstić information content (AvgIpc) is 2.36. The quantitative estimate of drug-likeness (QED) is 0.875. The molecule has 2 rings (SSSR count). The molecule has 0 spiro atoms. The van der Waals surface area contributed by atoms with E-state index in [2.05, 4.69) is 19.2 Å². The van der Waals surface area contributed by atoms with Crippen molar-refractivity contribution in [3.05, 3.63) is 29.3 Å². The molecule has 3 unspecified atom stereocenters. The summed E-state index contributed by atoms with van der Waals surface area (Å²) in [6, 6.07) is 6.17. The lowest BCUT2D eigenvalue weighted by Crippen LogP contribution is -2.33. The first-order valence-corrected chi connectivity index (χ1v) is 7.14. The highest BCUT2D eigenvalue weighted by atomic mass is 16.1. The Morgan fingerprint density at radius 3 is 2.68 bits per heavy atom. The largest absolute Gasteiger partial charge is 0.382 e. The number of amides is 1. The van der Waals surface area contributed by atoms with Crippen molar-refractivity contribution < 1.29 is 4.79 Å². The van der Waals surface area contributed by atoms with Gasteiger partial charge in [0.2, 0.25) is 5.91 Å². The van der Waals surface area contributed by atoms with Gasteiger partial charge in [0.25, 0.3) is 0 Å². The molecule has 3 N–H and O–H groups in total. The Balaban J connectivity index is 2.12. The number of carbonyl (C=O) groups excluding carboxylic acids is 1. The number of rotatable bonds is 3. The Bertz CT molecular complexity index is 470. The third kappa shape index (κ3) is 3.28. The molecule has 0 heterocycles. The van der Waals surface area contributed by atoms with Crippen LogP contribution >= 0.6 is 0 Å². The van der Waals surface area contributed by atoms with Gasteiger partial charge in [-0.1, -0.05) is 20.3 Å². The predicted octanol–water partition coefficient (Wildman–Crippen LogP) is 3.33. The summed E-state index contributed by atoms with van der Waals surface area (Å²) in [6.45, 7) is 6.66. The van der Waals surface area contributed by atoms with Gasteiger partial charge >= 0.3 is 0 Å². The van der Waals surface area contributed by atoms with Gasteiger partial charge in [-0.3, -0.25) is 4.79 Å². The average molecular weight is 260 g/mol. The molecule has 1 aliphatic rings. The molecule has 3 heteroatoms. The molecule has 0 bridgehead atoms. The van der Waals surface area contributed by atoms with Crippen LogP contribution in [0.25, 0.3) is 0 Å². The minimum Gasteiger partial charge on any atom is -0.382 e. The Hall–Kier alpha value is -1.51. The monoisotopic (exact) mass is 260 g/mol. The Morgan fingerprint density at radius 1 is 1.32 bits per heavy atom. The zero-order chi connectivity index (χ0) is 14.0. The number of benzene rings is 1. The molecule has 0 radical (unpaired) electrons. The number of nitrogens with one attached hydrogen (secondary N) is 1. The lowest BCUT2D eigenvalue weighted by molar-refractivity contribution is 0.1000. The summed E-state index contributed by atoms with van der Waals surface area (Å²) in [7, 11) is 0. The molecule has 0 saturated heterocycles. The minimum absolute atomic E-state index is 0.366. The van der Waals surface area contributed by atoms with Gasteiger partial charge < -0.3 is 11.1 Å². The van der Waals surface area contributed by atoms with E-state index in [1.165, 1.54) is 19.3 Å². The second-order valence-electron chi connectivity index (χ2n) is 6.04. The number of carbonyl (C=O) groups is 1. The second-order valence-corrected chi connectivity index (χ2v) is 6.04. The van der Waals surface area contributed by atoms with Crippen molar-refractivity contribution in [3.63, 3.8) is 0 Å². The molecule has 1 aliphatic carbocycles. The highest BCUT2D eigenvalue weighted by molar-refractivity contribution is 5.93. The Morgan fingerprint density at radius 2 is 2.05 bits per heavy atom. The molecule has 1 saturated carbocycles. The second kappa shape index (κ2) is 5.64. The van der Waals surface area contributed by atoms with Crippen molar-refractivity contribution in [3.8, 4) is 0 Å². The van der Waals surface area contributed by atoms with Gasteiger partial charge in [0.05, 0.1) is 0 Å². The van der Waals surface area contributed by atoms with E-state index >= 15 is 0 Å². The Kier molecular flexibility index (Phi) is 4.13. The molecule has 0 aromatic heterocycles. The normalized spacial score (nSPS) is 27.0. The van der Waals surface area contributed by atoms with Crippen molar-refractivity contribution in [2.45, 2.75) is 46.1 Å². The van der Waals surface area contributed by atoms with Gasteiger partial charge in [0.15, 0.2) is 0 Å². The van der Waals surface area contributed by atoms with E-state index in [0.29, 0.717) is 17.5 Å². The van der Waals surface area contributed by atoms with E-state index in [1.807, 2.05) is 19.1 Å². The third-order valence-corrected chi connectivity index (χ3v) is 4.31. The van der Waals surface area contributed by atoms with Gasteiger partial charge in [0, 0.05) is 17.3 Å². The van der Waals surface area contributed by atoms with E-state index in [1.54, 1.807) is 6.07 Å². The van der Waals surface area contributed by atoms with E-state index in [0.717, 1.165) is 17.2 Å². The Labute approximate surface area is 115 Å². The summed E-state index contributed by atoms with van der Waals surface area (Å²) in [5.74, 6) is 1.12. The fraction of sp³-hybridized carbons (Fsp3) is 0.562. The van der Waals surface area contributed by atoms with Gasteiger partial charge in [-0.2, -0.15) is 0 Å². The summed E-state index contributed by atoms with van der Waals surface area (Å²) in [5.41, 5.74) is 8.08. The van der Waals surface area contributed by atoms with E-state index in [4.69, 9.17) is 5.73 Å². The molecule has 1 aromatic carbocycles. The maximum atomic E-state index is 11.2. The minimum atomic E-state index is -0.366. The highest BCUT2D eigenvalue weighted by Gasteiger charge is 2.25. The van der Waals surface area contributed by atoms with Crippen LogP contribution in [-0.2, 0) is 0 Å². The lowest BCUT2D eigenvalue weighted by atomic mass is 9.80. The topological polar surface area (TPSA) is 55.1 Å². The zero-order valence-corrected chi connectivity index (χ0v) is 12.1. The van der Waals surface area contributed by atoms with Crippen LogP contribution in [0.5, 0.6) is 0 Å². The molecule has 1 fully saturated rings.